The molecule has 1 aromatic heterocycles. The average molecular weight is 340 g/mol. The highest BCUT2D eigenvalue weighted by atomic mass is 79.9. The Hall–Kier alpha value is -0.350. The van der Waals surface area contributed by atoms with E-state index in [1.165, 1.54) is 38.5 Å². The van der Waals surface area contributed by atoms with Crippen LogP contribution in [0.3, 0.4) is 0 Å². The molecule has 0 aromatic carbocycles. The summed E-state index contributed by atoms with van der Waals surface area (Å²) in [5.74, 6) is 2.76. The van der Waals surface area contributed by atoms with Gasteiger partial charge in [0.1, 0.15) is 0 Å². The van der Waals surface area contributed by atoms with Gasteiger partial charge in [0.05, 0.1) is 9.35 Å². The second-order valence-corrected chi connectivity index (χ2v) is 9.08. The predicted molar refractivity (Wildman–Crippen MR) is 80.4 cm³/mol. The number of hydrogen-bond donors (Lipinski definition) is 1. The molecule has 0 unspecified atom stereocenters. The van der Waals surface area contributed by atoms with Gasteiger partial charge in [0.25, 0.3) is 5.91 Å². The summed E-state index contributed by atoms with van der Waals surface area (Å²) in [5.41, 5.74) is 0.938. The minimum Gasteiger partial charge on any atom is -0.347 e. The highest BCUT2D eigenvalue weighted by molar-refractivity contribution is 9.11. The Kier molecular flexibility index (Phi) is 2.82. The summed E-state index contributed by atoms with van der Waals surface area (Å²) in [6.07, 6.45) is 7.90. The van der Waals surface area contributed by atoms with Crippen molar-refractivity contribution >= 4 is 33.2 Å². The van der Waals surface area contributed by atoms with Crippen molar-refractivity contribution in [1.29, 1.82) is 0 Å². The summed E-state index contributed by atoms with van der Waals surface area (Å²) in [4.78, 5) is 12.4. The van der Waals surface area contributed by atoms with E-state index >= 15 is 0 Å². The van der Waals surface area contributed by atoms with Gasteiger partial charge in [-0.2, -0.15) is 0 Å². The van der Waals surface area contributed by atoms with Crippen molar-refractivity contribution in [3.63, 3.8) is 0 Å². The van der Waals surface area contributed by atoms with Crippen molar-refractivity contribution in [2.24, 2.45) is 17.8 Å². The molecule has 2 nitrogen and oxygen atoms in total. The zero-order valence-corrected chi connectivity index (χ0v) is 13.2. The molecule has 4 heteroatoms. The van der Waals surface area contributed by atoms with Gasteiger partial charge in [0, 0.05) is 10.9 Å². The molecular weight excluding hydrogens is 322 g/mol. The molecule has 19 heavy (non-hydrogen) atoms. The number of halogens is 1. The highest BCUT2D eigenvalue weighted by Gasteiger charge is 2.51. The molecule has 0 saturated heterocycles. The molecule has 1 amide bonds. The van der Waals surface area contributed by atoms with Gasteiger partial charge in [-0.05, 0) is 78.3 Å². The number of carbonyl (C=O) groups excluding carboxylic acids is 1. The maximum Gasteiger partial charge on any atom is 0.252 e. The zero-order valence-electron chi connectivity index (χ0n) is 10.8. The van der Waals surface area contributed by atoms with Crippen molar-refractivity contribution in [3.05, 3.63) is 20.8 Å². The first-order valence-electron chi connectivity index (χ1n) is 7.18. The normalized spacial score (nSPS) is 39.5. The third-order valence-corrected chi connectivity index (χ3v) is 6.75. The summed E-state index contributed by atoms with van der Waals surface area (Å²) < 4.78 is 1.03. The number of amides is 1. The van der Waals surface area contributed by atoms with Crippen LogP contribution in [-0.2, 0) is 0 Å². The molecule has 5 rings (SSSR count). The van der Waals surface area contributed by atoms with E-state index in [1.807, 2.05) is 11.4 Å². The van der Waals surface area contributed by atoms with E-state index in [0.717, 1.165) is 27.1 Å². The maximum atomic E-state index is 12.4. The Morgan fingerprint density at radius 3 is 2.26 bits per heavy atom. The van der Waals surface area contributed by atoms with Crippen LogP contribution >= 0.6 is 27.3 Å². The van der Waals surface area contributed by atoms with Crippen molar-refractivity contribution in [2.75, 3.05) is 0 Å². The van der Waals surface area contributed by atoms with Crippen LogP contribution < -0.4 is 5.32 Å². The van der Waals surface area contributed by atoms with Crippen LogP contribution in [0, 0.1) is 17.8 Å². The monoisotopic (exact) mass is 339 g/mol. The van der Waals surface area contributed by atoms with E-state index in [2.05, 4.69) is 21.2 Å². The first-order valence-corrected chi connectivity index (χ1v) is 8.86. The lowest BCUT2D eigenvalue weighted by atomic mass is 9.53. The third-order valence-electron chi connectivity index (χ3n) is 5.25. The number of carbonyl (C=O) groups is 1. The molecule has 0 aliphatic heterocycles. The molecule has 1 aromatic rings. The zero-order chi connectivity index (χ0) is 13.0. The summed E-state index contributed by atoms with van der Waals surface area (Å²) in [5, 5.41) is 5.35. The van der Waals surface area contributed by atoms with E-state index < -0.39 is 0 Å². The third kappa shape index (κ3) is 2.17. The standard InChI is InChI=1S/C15H18BrNOS/c16-13-4-12(8-19-13)14(18)17-15-5-9-1-10(6-15)3-11(2-9)7-15/h4,8-11H,1-3,5-7H2,(H,17,18). The van der Waals surface area contributed by atoms with E-state index in [1.54, 1.807) is 11.3 Å². The molecule has 4 aliphatic rings. The van der Waals surface area contributed by atoms with Crippen molar-refractivity contribution in [3.8, 4) is 0 Å². The van der Waals surface area contributed by atoms with Crippen molar-refractivity contribution < 1.29 is 4.79 Å². The largest absolute Gasteiger partial charge is 0.347 e. The second kappa shape index (κ2) is 4.32. The fraction of sp³-hybridized carbons (Fsp3) is 0.667. The second-order valence-electron chi connectivity index (χ2n) is 6.79. The van der Waals surface area contributed by atoms with Gasteiger partial charge >= 0.3 is 0 Å². The molecule has 4 saturated carbocycles. The Balaban J connectivity index is 1.54. The van der Waals surface area contributed by atoms with E-state index in [0.29, 0.717) is 0 Å². The molecule has 102 valence electrons. The van der Waals surface area contributed by atoms with Gasteiger partial charge < -0.3 is 5.32 Å². The van der Waals surface area contributed by atoms with Crippen LogP contribution in [0.25, 0.3) is 0 Å². The lowest BCUT2D eigenvalue weighted by Gasteiger charge is -2.56. The lowest BCUT2D eigenvalue weighted by Crippen LogP contribution is -2.59. The topological polar surface area (TPSA) is 29.1 Å². The minimum atomic E-state index is 0.125. The van der Waals surface area contributed by atoms with Gasteiger partial charge in [0.15, 0.2) is 0 Å². The van der Waals surface area contributed by atoms with Crippen LogP contribution in [0.15, 0.2) is 15.2 Å². The Labute approximate surface area is 126 Å². The van der Waals surface area contributed by atoms with E-state index in [-0.39, 0.29) is 11.4 Å². The van der Waals surface area contributed by atoms with Gasteiger partial charge in [-0.25, -0.2) is 0 Å². The van der Waals surface area contributed by atoms with Crippen LogP contribution in [0.1, 0.15) is 48.9 Å². The summed E-state index contributed by atoms with van der Waals surface area (Å²) in [7, 11) is 0. The van der Waals surface area contributed by atoms with Gasteiger partial charge in [-0.15, -0.1) is 11.3 Å². The van der Waals surface area contributed by atoms with Crippen molar-refractivity contribution in [2.45, 2.75) is 44.1 Å². The molecule has 4 fully saturated rings. The molecule has 1 heterocycles. The Morgan fingerprint density at radius 2 is 1.79 bits per heavy atom. The average Bonchev–Trinajstić information content (AvgIpc) is 2.73. The Bertz CT molecular complexity index is 489. The first-order chi connectivity index (χ1) is 9.12. The summed E-state index contributed by atoms with van der Waals surface area (Å²) >= 11 is 5.01. The van der Waals surface area contributed by atoms with Crippen LogP contribution in [0.4, 0.5) is 0 Å². The maximum absolute atomic E-state index is 12.4. The van der Waals surface area contributed by atoms with Gasteiger partial charge in [0.2, 0.25) is 0 Å². The molecule has 0 spiro atoms. The van der Waals surface area contributed by atoms with E-state index in [9.17, 15) is 4.79 Å². The highest BCUT2D eigenvalue weighted by Crippen LogP contribution is 2.55. The van der Waals surface area contributed by atoms with Crippen LogP contribution in [0.5, 0.6) is 0 Å². The molecule has 4 aliphatic carbocycles. The molecule has 0 atom stereocenters. The van der Waals surface area contributed by atoms with Crippen LogP contribution in [0.2, 0.25) is 0 Å². The fourth-order valence-corrected chi connectivity index (χ4v) is 6.14. The first kappa shape index (κ1) is 12.4. The molecule has 1 N–H and O–H groups in total. The number of hydrogen-bond acceptors (Lipinski definition) is 2. The number of thiophene rings is 1. The predicted octanol–water partition coefficient (Wildman–Crippen LogP) is 4.21. The number of rotatable bonds is 2. The molecular formula is C15H18BrNOS. The fourth-order valence-electron chi connectivity index (χ4n) is 5.01. The minimum absolute atomic E-state index is 0.125. The van der Waals surface area contributed by atoms with Crippen LogP contribution in [-0.4, -0.2) is 11.4 Å². The number of nitrogens with one attached hydrogen (secondary N) is 1. The molecule has 4 bridgehead atoms. The quantitative estimate of drug-likeness (QED) is 0.859. The van der Waals surface area contributed by atoms with E-state index in [4.69, 9.17) is 0 Å². The smallest absolute Gasteiger partial charge is 0.252 e. The summed E-state index contributed by atoms with van der Waals surface area (Å²) in [6, 6.07) is 1.93. The lowest BCUT2D eigenvalue weighted by molar-refractivity contribution is -0.0166. The van der Waals surface area contributed by atoms with Crippen molar-refractivity contribution in [1.82, 2.24) is 5.32 Å². The van der Waals surface area contributed by atoms with Gasteiger partial charge in [-0.1, -0.05) is 0 Å². The van der Waals surface area contributed by atoms with Gasteiger partial charge in [-0.3, -0.25) is 4.79 Å². The SMILES string of the molecule is O=C(NC12CC3CC(CC(C3)C1)C2)c1csc(Br)c1. The summed E-state index contributed by atoms with van der Waals surface area (Å²) in [6.45, 7) is 0. The molecule has 0 radical (unpaired) electrons. The Morgan fingerprint density at radius 1 is 1.21 bits per heavy atom.